The molecule has 1 atom stereocenters. The Labute approximate surface area is 120 Å². The Morgan fingerprint density at radius 2 is 2.00 bits per heavy atom. The van der Waals surface area contributed by atoms with E-state index < -0.39 is 17.9 Å². The van der Waals surface area contributed by atoms with E-state index in [1.807, 2.05) is 0 Å². The van der Waals surface area contributed by atoms with Crippen molar-refractivity contribution in [1.29, 1.82) is 0 Å². The molecule has 1 aromatic heterocycles. The number of fused-ring (bicyclic) bond motifs is 1. The molecule has 1 aromatic carbocycles. The van der Waals surface area contributed by atoms with Crippen molar-refractivity contribution >= 4 is 11.9 Å². The first-order valence-electron chi connectivity index (χ1n) is 6.51. The van der Waals surface area contributed by atoms with Gasteiger partial charge in [-0.25, -0.2) is 4.98 Å². The molecule has 1 amide bonds. The summed E-state index contributed by atoms with van der Waals surface area (Å²) in [5.74, 6) is -0.848. The van der Waals surface area contributed by atoms with Crippen molar-refractivity contribution in [2.45, 2.75) is 12.5 Å². The van der Waals surface area contributed by atoms with Crippen LogP contribution >= 0.6 is 0 Å². The quantitative estimate of drug-likeness (QED) is 0.652. The number of amides is 1. The first-order chi connectivity index (χ1) is 10.1. The molecule has 7 heteroatoms. The topological polar surface area (TPSA) is 121 Å². The van der Waals surface area contributed by atoms with Gasteiger partial charge < -0.3 is 15.8 Å². The average Bonchev–Trinajstić information content (AvgIpc) is 2.90. The van der Waals surface area contributed by atoms with Gasteiger partial charge in [0.25, 0.3) is 0 Å². The summed E-state index contributed by atoms with van der Waals surface area (Å²) in [6, 6.07) is 5.91. The fraction of sp³-hybridized carbons (Fsp3) is 0.214. The molecule has 0 spiro atoms. The van der Waals surface area contributed by atoms with Gasteiger partial charge >= 0.3 is 5.97 Å². The summed E-state index contributed by atoms with van der Waals surface area (Å²) < 4.78 is 0. The van der Waals surface area contributed by atoms with Gasteiger partial charge in [0.15, 0.2) is 6.04 Å². The molecule has 0 unspecified atom stereocenters. The minimum atomic E-state index is -0.946. The molecule has 0 aliphatic carbocycles. The maximum Gasteiger partial charge on any atom is 0.327 e. The van der Waals surface area contributed by atoms with Crippen molar-refractivity contribution in [2.24, 2.45) is 5.73 Å². The second kappa shape index (κ2) is 5.02. The molecule has 5 N–H and O–H groups in total. The molecule has 2 heterocycles. The van der Waals surface area contributed by atoms with Crippen molar-refractivity contribution in [2.75, 3.05) is 6.54 Å². The van der Waals surface area contributed by atoms with Gasteiger partial charge in [-0.2, -0.15) is 0 Å². The molecule has 21 heavy (non-hydrogen) atoms. The van der Waals surface area contributed by atoms with Crippen LogP contribution in [0, 0.1) is 0 Å². The number of nitrogens with two attached hydrogens (primary N) is 1. The SMILES string of the molecule is NC(=O)c1ccc(-c2nc3c([nH]2)CCN[C@@H]3C(=O)O)cc1. The molecular weight excluding hydrogens is 272 g/mol. The first-order valence-corrected chi connectivity index (χ1v) is 6.51. The zero-order chi connectivity index (χ0) is 15.0. The molecule has 0 fully saturated rings. The van der Waals surface area contributed by atoms with Crippen molar-refractivity contribution in [3.8, 4) is 11.4 Å². The van der Waals surface area contributed by atoms with Crippen LogP contribution in [0.5, 0.6) is 0 Å². The lowest BCUT2D eigenvalue weighted by atomic mass is 10.1. The lowest BCUT2D eigenvalue weighted by molar-refractivity contribution is -0.139. The number of primary amides is 1. The Morgan fingerprint density at radius 1 is 1.29 bits per heavy atom. The van der Waals surface area contributed by atoms with Gasteiger partial charge in [-0.1, -0.05) is 12.1 Å². The zero-order valence-corrected chi connectivity index (χ0v) is 11.1. The minimum Gasteiger partial charge on any atom is -0.480 e. The molecule has 0 bridgehead atoms. The summed E-state index contributed by atoms with van der Waals surface area (Å²) in [5.41, 5.74) is 7.74. The van der Waals surface area contributed by atoms with Gasteiger partial charge in [-0.15, -0.1) is 0 Å². The van der Waals surface area contributed by atoms with E-state index in [0.29, 0.717) is 30.0 Å². The number of aromatic amines is 1. The summed E-state index contributed by atoms with van der Waals surface area (Å²) in [5, 5.41) is 12.1. The van der Waals surface area contributed by atoms with E-state index in [1.165, 1.54) is 0 Å². The lowest BCUT2D eigenvalue weighted by Gasteiger charge is -2.18. The summed E-state index contributed by atoms with van der Waals surface area (Å²) in [6.07, 6.45) is 0.700. The average molecular weight is 286 g/mol. The fourth-order valence-corrected chi connectivity index (χ4v) is 2.42. The van der Waals surface area contributed by atoms with Gasteiger partial charge in [0.1, 0.15) is 5.82 Å². The van der Waals surface area contributed by atoms with Crippen molar-refractivity contribution in [3.63, 3.8) is 0 Å². The normalized spacial score (nSPS) is 17.2. The van der Waals surface area contributed by atoms with Gasteiger partial charge in [0.05, 0.1) is 5.69 Å². The molecule has 3 rings (SSSR count). The summed E-state index contributed by atoms with van der Waals surface area (Å²) in [4.78, 5) is 29.8. The molecule has 0 saturated carbocycles. The number of benzene rings is 1. The van der Waals surface area contributed by atoms with E-state index in [-0.39, 0.29) is 0 Å². The number of imidazole rings is 1. The maximum absolute atomic E-state index is 11.2. The van der Waals surface area contributed by atoms with Gasteiger partial charge in [-0.3, -0.25) is 14.9 Å². The zero-order valence-electron chi connectivity index (χ0n) is 11.1. The number of aliphatic carboxylic acids is 1. The number of H-pyrrole nitrogens is 1. The smallest absolute Gasteiger partial charge is 0.327 e. The molecule has 2 aromatic rings. The summed E-state index contributed by atoms with van der Waals surface area (Å²) >= 11 is 0. The summed E-state index contributed by atoms with van der Waals surface area (Å²) in [7, 11) is 0. The van der Waals surface area contributed by atoms with Crippen LogP contribution in [-0.2, 0) is 11.2 Å². The third-order valence-corrected chi connectivity index (χ3v) is 3.50. The second-order valence-electron chi connectivity index (χ2n) is 4.87. The van der Waals surface area contributed by atoms with Crippen molar-refractivity contribution in [3.05, 3.63) is 41.2 Å². The number of hydrogen-bond donors (Lipinski definition) is 4. The van der Waals surface area contributed by atoms with E-state index in [4.69, 9.17) is 5.73 Å². The highest BCUT2D eigenvalue weighted by atomic mass is 16.4. The third-order valence-electron chi connectivity index (χ3n) is 3.50. The van der Waals surface area contributed by atoms with Crippen LogP contribution in [0.25, 0.3) is 11.4 Å². The predicted octanol–water partition coefficient (Wildman–Crippen LogP) is 0.447. The fourth-order valence-electron chi connectivity index (χ4n) is 2.42. The molecule has 1 aliphatic rings. The predicted molar refractivity (Wildman–Crippen MR) is 74.6 cm³/mol. The number of carboxylic acid groups (broad SMARTS) is 1. The van der Waals surface area contributed by atoms with E-state index in [2.05, 4.69) is 15.3 Å². The Morgan fingerprint density at radius 3 is 2.62 bits per heavy atom. The van der Waals surface area contributed by atoms with Gasteiger partial charge in [0.2, 0.25) is 5.91 Å². The van der Waals surface area contributed by atoms with E-state index >= 15 is 0 Å². The van der Waals surface area contributed by atoms with Gasteiger partial charge in [0, 0.05) is 29.8 Å². The Balaban J connectivity index is 1.97. The number of rotatable bonds is 3. The molecule has 1 aliphatic heterocycles. The lowest BCUT2D eigenvalue weighted by Crippen LogP contribution is -2.35. The number of carbonyl (C=O) groups is 2. The Bertz CT molecular complexity index is 706. The van der Waals surface area contributed by atoms with E-state index in [9.17, 15) is 14.7 Å². The number of carboxylic acids is 1. The van der Waals surface area contributed by atoms with Crippen LogP contribution in [0.3, 0.4) is 0 Å². The van der Waals surface area contributed by atoms with Crippen LogP contribution in [-0.4, -0.2) is 33.5 Å². The van der Waals surface area contributed by atoms with Crippen LogP contribution in [0.4, 0.5) is 0 Å². The highest BCUT2D eigenvalue weighted by molar-refractivity contribution is 5.93. The monoisotopic (exact) mass is 286 g/mol. The van der Waals surface area contributed by atoms with Crippen LogP contribution < -0.4 is 11.1 Å². The minimum absolute atomic E-state index is 0.417. The second-order valence-corrected chi connectivity index (χ2v) is 4.87. The standard InChI is InChI=1S/C14H14N4O3/c15-12(19)7-1-3-8(4-2-7)13-17-9-5-6-16-11(14(20)21)10(9)18-13/h1-4,11,16H,5-6H2,(H2,15,19)(H,17,18)(H,20,21)/t11-/m0/s1. The molecule has 108 valence electrons. The van der Waals surface area contributed by atoms with E-state index in [1.54, 1.807) is 24.3 Å². The number of aromatic nitrogens is 2. The highest BCUT2D eigenvalue weighted by Crippen LogP contribution is 2.25. The van der Waals surface area contributed by atoms with Gasteiger partial charge in [-0.05, 0) is 12.1 Å². The molecule has 0 radical (unpaired) electrons. The van der Waals surface area contributed by atoms with Crippen molar-refractivity contribution < 1.29 is 14.7 Å². The molecular formula is C14H14N4O3. The molecule has 0 saturated heterocycles. The van der Waals surface area contributed by atoms with Crippen LogP contribution in [0.15, 0.2) is 24.3 Å². The maximum atomic E-state index is 11.2. The number of nitrogens with zero attached hydrogens (tertiary/aromatic N) is 1. The first kappa shape index (κ1) is 13.3. The highest BCUT2D eigenvalue weighted by Gasteiger charge is 2.29. The Kier molecular flexibility index (Phi) is 3.19. The number of carbonyl (C=O) groups excluding carboxylic acids is 1. The number of nitrogens with one attached hydrogen (secondary N) is 2. The number of hydrogen-bond acceptors (Lipinski definition) is 4. The van der Waals surface area contributed by atoms with E-state index in [0.717, 1.165) is 11.3 Å². The van der Waals surface area contributed by atoms with Crippen LogP contribution in [0.2, 0.25) is 0 Å². The molecule has 7 nitrogen and oxygen atoms in total. The largest absolute Gasteiger partial charge is 0.480 e. The van der Waals surface area contributed by atoms with Crippen molar-refractivity contribution in [1.82, 2.24) is 15.3 Å². The third kappa shape index (κ3) is 2.38. The summed E-state index contributed by atoms with van der Waals surface area (Å²) in [6.45, 7) is 0.589. The van der Waals surface area contributed by atoms with Crippen LogP contribution in [0.1, 0.15) is 27.8 Å². The Hall–Kier alpha value is -2.67.